The van der Waals surface area contributed by atoms with Gasteiger partial charge in [0.1, 0.15) is 12.0 Å². The molecule has 39 heavy (non-hydrogen) atoms. The molecular formula is C31H36N2O6. The molecule has 8 nitrogen and oxygen atoms in total. The van der Waals surface area contributed by atoms with Gasteiger partial charge < -0.3 is 23.5 Å². The maximum atomic E-state index is 12.7. The molecule has 0 unspecified atom stereocenters. The number of carbonyl (C=O) groups is 1. The Morgan fingerprint density at radius 2 is 1.67 bits per heavy atom. The minimum absolute atomic E-state index is 0.0619. The van der Waals surface area contributed by atoms with Crippen molar-refractivity contribution < 1.29 is 23.4 Å². The molecule has 0 radical (unpaired) electrons. The van der Waals surface area contributed by atoms with Gasteiger partial charge in [0.25, 0.3) is 5.91 Å². The van der Waals surface area contributed by atoms with Crippen LogP contribution in [-0.4, -0.2) is 56.2 Å². The van der Waals surface area contributed by atoms with Crippen LogP contribution in [0.15, 0.2) is 64.0 Å². The number of methoxy groups -OCH3 is 2. The number of ether oxygens (including phenoxy) is 3. The van der Waals surface area contributed by atoms with Gasteiger partial charge in [-0.15, -0.1) is 0 Å². The summed E-state index contributed by atoms with van der Waals surface area (Å²) < 4.78 is 22.2. The van der Waals surface area contributed by atoms with Gasteiger partial charge in [-0.25, -0.2) is 0 Å². The lowest BCUT2D eigenvalue weighted by atomic mass is 9.90. The molecule has 0 bridgehead atoms. The maximum absolute atomic E-state index is 12.7. The number of hydrogen-bond acceptors (Lipinski definition) is 7. The SMILES string of the molecule is COc1cc2c(cc1OC)CN(Cc1cc(=O)c(OCC(=O)N3CCC(Cc4ccccc4)CC3)co1)CC2. The van der Waals surface area contributed by atoms with Crippen molar-refractivity contribution >= 4 is 5.91 Å². The van der Waals surface area contributed by atoms with Crippen LogP contribution in [-0.2, 0) is 30.7 Å². The highest BCUT2D eigenvalue weighted by Gasteiger charge is 2.24. The van der Waals surface area contributed by atoms with E-state index in [1.54, 1.807) is 14.2 Å². The Labute approximate surface area is 229 Å². The fourth-order valence-electron chi connectivity index (χ4n) is 5.49. The lowest BCUT2D eigenvalue weighted by Gasteiger charge is -2.32. The Kier molecular flexibility index (Phi) is 8.51. The van der Waals surface area contributed by atoms with Crippen LogP contribution in [0.3, 0.4) is 0 Å². The molecule has 2 aromatic carbocycles. The van der Waals surface area contributed by atoms with Gasteiger partial charge in [0, 0.05) is 32.2 Å². The fourth-order valence-corrected chi connectivity index (χ4v) is 5.49. The average Bonchev–Trinajstić information content (AvgIpc) is 2.96. The van der Waals surface area contributed by atoms with Gasteiger partial charge in [0.2, 0.25) is 11.2 Å². The highest BCUT2D eigenvalue weighted by Crippen LogP contribution is 2.33. The van der Waals surface area contributed by atoms with E-state index in [4.69, 9.17) is 18.6 Å². The van der Waals surface area contributed by atoms with Gasteiger partial charge in [-0.1, -0.05) is 30.3 Å². The van der Waals surface area contributed by atoms with Gasteiger partial charge >= 0.3 is 0 Å². The van der Waals surface area contributed by atoms with E-state index >= 15 is 0 Å². The fraction of sp³-hybridized carbons (Fsp3) is 0.419. The summed E-state index contributed by atoms with van der Waals surface area (Å²) in [5, 5.41) is 0. The molecule has 3 aromatic rings. The number of benzene rings is 2. The minimum atomic E-state index is -0.283. The van der Waals surface area contributed by atoms with Gasteiger partial charge in [0.15, 0.2) is 18.1 Å². The third-order valence-electron chi connectivity index (χ3n) is 7.71. The molecule has 1 aromatic heterocycles. The Morgan fingerprint density at radius 1 is 0.949 bits per heavy atom. The Morgan fingerprint density at radius 3 is 2.36 bits per heavy atom. The van der Waals surface area contributed by atoms with Crippen molar-refractivity contribution in [3.05, 3.63) is 87.5 Å². The van der Waals surface area contributed by atoms with Gasteiger partial charge in [0.05, 0.1) is 20.8 Å². The third kappa shape index (κ3) is 6.63. The molecule has 1 saturated heterocycles. The molecule has 5 rings (SSSR count). The van der Waals surface area contributed by atoms with Crippen LogP contribution in [0.4, 0.5) is 0 Å². The summed E-state index contributed by atoms with van der Waals surface area (Å²) in [5.74, 6) is 2.54. The average molecular weight is 533 g/mol. The van der Waals surface area contributed by atoms with Crippen molar-refractivity contribution in [2.24, 2.45) is 5.92 Å². The molecule has 3 heterocycles. The van der Waals surface area contributed by atoms with Crippen molar-refractivity contribution in [3.63, 3.8) is 0 Å². The van der Waals surface area contributed by atoms with E-state index in [1.807, 2.05) is 23.1 Å². The molecule has 0 aliphatic carbocycles. The first kappa shape index (κ1) is 26.8. The predicted octanol–water partition coefficient (Wildman–Crippen LogP) is 4.08. The molecule has 8 heteroatoms. The van der Waals surface area contributed by atoms with E-state index in [2.05, 4.69) is 29.2 Å². The van der Waals surface area contributed by atoms with Crippen LogP contribution >= 0.6 is 0 Å². The third-order valence-corrected chi connectivity index (χ3v) is 7.71. The Hall–Kier alpha value is -3.78. The lowest BCUT2D eigenvalue weighted by molar-refractivity contribution is -0.134. The van der Waals surface area contributed by atoms with Crippen LogP contribution in [0.1, 0.15) is 35.3 Å². The van der Waals surface area contributed by atoms with Crippen molar-refractivity contribution in [3.8, 4) is 17.2 Å². The topological polar surface area (TPSA) is 81.4 Å². The monoisotopic (exact) mass is 532 g/mol. The highest BCUT2D eigenvalue weighted by atomic mass is 16.5. The van der Waals surface area contributed by atoms with Crippen LogP contribution in [0, 0.1) is 5.92 Å². The van der Waals surface area contributed by atoms with Gasteiger partial charge in [-0.05, 0) is 60.4 Å². The number of hydrogen-bond donors (Lipinski definition) is 0. The van der Waals surface area contributed by atoms with Crippen molar-refractivity contribution in [2.45, 2.75) is 38.8 Å². The van der Waals surface area contributed by atoms with E-state index in [9.17, 15) is 9.59 Å². The number of nitrogens with zero attached hydrogens (tertiary/aromatic N) is 2. The second kappa shape index (κ2) is 12.4. The zero-order valence-electron chi connectivity index (χ0n) is 22.7. The summed E-state index contributed by atoms with van der Waals surface area (Å²) in [4.78, 5) is 29.4. The maximum Gasteiger partial charge on any atom is 0.260 e. The standard InChI is InChI=1S/C31H36N2O6/c1-36-28-15-24-10-11-32(18-25(24)16-29(28)37-2)19-26-17-27(34)30(20-38-26)39-21-31(35)33-12-8-23(9-13-33)14-22-6-4-3-5-7-22/h3-7,15-17,20,23H,8-14,18-19,21H2,1-2H3. The highest BCUT2D eigenvalue weighted by molar-refractivity contribution is 5.77. The van der Waals surface area contributed by atoms with Crippen molar-refractivity contribution in [1.82, 2.24) is 9.80 Å². The molecule has 1 fully saturated rings. The van der Waals surface area contributed by atoms with E-state index in [0.29, 0.717) is 43.6 Å². The van der Waals surface area contributed by atoms with Gasteiger partial charge in [-0.2, -0.15) is 0 Å². The zero-order chi connectivity index (χ0) is 27.2. The van der Waals surface area contributed by atoms with Crippen LogP contribution in [0.5, 0.6) is 17.2 Å². The van der Waals surface area contributed by atoms with E-state index in [1.165, 1.54) is 29.0 Å². The molecule has 206 valence electrons. The number of likely N-dealkylation sites (tertiary alicyclic amines) is 1. The molecule has 0 N–H and O–H groups in total. The second-order valence-corrected chi connectivity index (χ2v) is 10.3. The normalized spacial score (nSPS) is 16.0. The van der Waals surface area contributed by atoms with Crippen LogP contribution in [0.2, 0.25) is 0 Å². The van der Waals surface area contributed by atoms with E-state index in [-0.39, 0.29) is 23.7 Å². The summed E-state index contributed by atoms with van der Waals surface area (Å²) in [6.07, 6.45) is 5.17. The first-order valence-corrected chi connectivity index (χ1v) is 13.5. The molecule has 0 saturated carbocycles. The molecule has 2 aliphatic rings. The largest absolute Gasteiger partial charge is 0.493 e. The lowest BCUT2D eigenvalue weighted by Crippen LogP contribution is -2.41. The first-order chi connectivity index (χ1) is 19.0. The Bertz CT molecular complexity index is 1330. The van der Waals surface area contributed by atoms with Gasteiger partial charge in [-0.3, -0.25) is 14.5 Å². The predicted molar refractivity (Wildman–Crippen MR) is 147 cm³/mol. The number of piperidine rings is 1. The Balaban J connectivity index is 1.10. The molecule has 0 atom stereocenters. The number of amides is 1. The summed E-state index contributed by atoms with van der Waals surface area (Å²) in [7, 11) is 3.27. The van der Waals surface area contributed by atoms with Crippen LogP contribution in [0.25, 0.3) is 0 Å². The van der Waals surface area contributed by atoms with Crippen molar-refractivity contribution in [2.75, 3.05) is 40.5 Å². The van der Waals surface area contributed by atoms with Crippen molar-refractivity contribution in [1.29, 1.82) is 0 Å². The van der Waals surface area contributed by atoms with E-state index in [0.717, 1.165) is 38.0 Å². The second-order valence-electron chi connectivity index (χ2n) is 10.3. The zero-order valence-corrected chi connectivity index (χ0v) is 22.7. The molecule has 1 amide bonds. The number of carbonyl (C=O) groups excluding carboxylic acids is 1. The summed E-state index contributed by atoms with van der Waals surface area (Å²) in [5.41, 5.74) is 3.46. The molecule has 2 aliphatic heterocycles. The molecule has 0 spiro atoms. The van der Waals surface area contributed by atoms with Crippen LogP contribution < -0.4 is 19.6 Å². The quantitative estimate of drug-likeness (QED) is 0.411. The summed E-state index contributed by atoms with van der Waals surface area (Å²) in [6, 6.07) is 16.0. The summed E-state index contributed by atoms with van der Waals surface area (Å²) >= 11 is 0. The minimum Gasteiger partial charge on any atom is -0.493 e. The number of rotatable bonds is 9. The number of fused-ring (bicyclic) bond motifs is 1. The summed E-state index contributed by atoms with van der Waals surface area (Å²) in [6.45, 7) is 3.31. The van der Waals surface area contributed by atoms with E-state index < -0.39 is 0 Å². The smallest absolute Gasteiger partial charge is 0.260 e. The molecular weight excluding hydrogens is 496 g/mol. The first-order valence-electron chi connectivity index (χ1n) is 13.5.